The van der Waals surface area contributed by atoms with Crippen molar-refractivity contribution in [3.63, 3.8) is 0 Å². The van der Waals surface area contributed by atoms with Gasteiger partial charge in [-0.2, -0.15) is 0 Å². The summed E-state index contributed by atoms with van der Waals surface area (Å²) in [4.78, 5) is 2.59. The first kappa shape index (κ1) is 9.79. The van der Waals surface area contributed by atoms with Crippen LogP contribution in [0.25, 0.3) is 0 Å². The van der Waals surface area contributed by atoms with Crippen molar-refractivity contribution in [2.75, 3.05) is 19.6 Å². The summed E-state index contributed by atoms with van der Waals surface area (Å²) >= 11 is 0. The van der Waals surface area contributed by atoms with Gasteiger partial charge in [-0.05, 0) is 45.7 Å². The summed E-state index contributed by atoms with van der Waals surface area (Å²) in [5, 5.41) is 0. The summed E-state index contributed by atoms with van der Waals surface area (Å²) < 4.78 is 0. The van der Waals surface area contributed by atoms with E-state index in [1.807, 2.05) is 0 Å². The SMILES string of the molecule is CCCN1CCC/C=C(/C)CC1. The molecular weight excluding hydrogens is 146 g/mol. The molecule has 0 saturated heterocycles. The van der Waals surface area contributed by atoms with E-state index >= 15 is 0 Å². The largest absolute Gasteiger partial charge is 0.303 e. The maximum atomic E-state index is 2.59. The summed E-state index contributed by atoms with van der Waals surface area (Å²) in [5.74, 6) is 0. The summed E-state index contributed by atoms with van der Waals surface area (Å²) in [6.45, 7) is 8.39. The van der Waals surface area contributed by atoms with Crippen LogP contribution in [0.5, 0.6) is 0 Å². The molecule has 0 aromatic heterocycles. The van der Waals surface area contributed by atoms with E-state index in [4.69, 9.17) is 0 Å². The van der Waals surface area contributed by atoms with Crippen LogP contribution < -0.4 is 0 Å². The molecule has 0 aromatic carbocycles. The molecule has 0 spiro atoms. The molecule has 1 heteroatoms. The monoisotopic (exact) mass is 167 g/mol. The molecule has 0 radical (unpaired) electrons. The number of hydrogen-bond donors (Lipinski definition) is 0. The fraction of sp³-hybridized carbons (Fsp3) is 0.818. The molecule has 1 aliphatic heterocycles. The Morgan fingerprint density at radius 1 is 1.42 bits per heavy atom. The average Bonchev–Trinajstić information content (AvgIpc) is 2.04. The first-order chi connectivity index (χ1) is 5.83. The van der Waals surface area contributed by atoms with Crippen LogP contribution in [0.2, 0.25) is 0 Å². The van der Waals surface area contributed by atoms with E-state index in [2.05, 4.69) is 24.8 Å². The van der Waals surface area contributed by atoms with E-state index < -0.39 is 0 Å². The quantitative estimate of drug-likeness (QED) is 0.572. The van der Waals surface area contributed by atoms with Crippen molar-refractivity contribution in [1.29, 1.82) is 0 Å². The van der Waals surface area contributed by atoms with Crippen LogP contribution in [0.3, 0.4) is 0 Å². The highest BCUT2D eigenvalue weighted by Gasteiger charge is 2.05. The van der Waals surface area contributed by atoms with E-state index in [1.54, 1.807) is 5.57 Å². The van der Waals surface area contributed by atoms with E-state index in [-0.39, 0.29) is 0 Å². The van der Waals surface area contributed by atoms with Crippen molar-refractivity contribution in [3.05, 3.63) is 11.6 Å². The van der Waals surface area contributed by atoms with Gasteiger partial charge in [-0.1, -0.05) is 18.6 Å². The lowest BCUT2D eigenvalue weighted by Gasteiger charge is -2.23. The van der Waals surface area contributed by atoms with Crippen LogP contribution in [0.4, 0.5) is 0 Å². The summed E-state index contributed by atoms with van der Waals surface area (Å²) in [6, 6.07) is 0. The predicted octanol–water partition coefficient (Wildman–Crippen LogP) is 2.83. The van der Waals surface area contributed by atoms with Crippen LogP contribution in [0, 0.1) is 0 Å². The van der Waals surface area contributed by atoms with E-state index in [0.717, 1.165) is 0 Å². The standard InChI is InChI=1S/C11H21N/c1-3-8-12-9-5-4-6-11(2)7-10-12/h6H,3-5,7-10H2,1-2H3/b11-6-. The molecule has 1 nitrogen and oxygen atoms in total. The Morgan fingerprint density at radius 2 is 2.25 bits per heavy atom. The first-order valence-electron chi connectivity index (χ1n) is 5.21. The zero-order valence-electron chi connectivity index (χ0n) is 8.47. The van der Waals surface area contributed by atoms with E-state index in [9.17, 15) is 0 Å². The molecule has 0 amide bonds. The molecule has 1 heterocycles. The van der Waals surface area contributed by atoms with Gasteiger partial charge in [0.2, 0.25) is 0 Å². The lowest BCUT2D eigenvalue weighted by atomic mass is 10.1. The first-order valence-corrected chi connectivity index (χ1v) is 5.21. The molecule has 0 N–H and O–H groups in total. The molecule has 0 bridgehead atoms. The molecule has 0 atom stereocenters. The van der Waals surface area contributed by atoms with Crippen LogP contribution in [0.15, 0.2) is 11.6 Å². The van der Waals surface area contributed by atoms with Crippen molar-refractivity contribution >= 4 is 0 Å². The van der Waals surface area contributed by atoms with Crippen LogP contribution in [0.1, 0.15) is 39.5 Å². The molecule has 70 valence electrons. The number of nitrogens with zero attached hydrogens (tertiary/aromatic N) is 1. The molecule has 0 aromatic rings. The minimum absolute atomic E-state index is 1.27. The summed E-state index contributed by atoms with van der Waals surface area (Å²) in [5.41, 5.74) is 1.58. The molecular formula is C11H21N. The van der Waals surface area contributed by atoms with Gasteiger partial charge in [0.25, 0.3) is 0 Å². The highest BCUT2D eigenvalue weighted by atomic mass is 15.1. The Balaban J connectivity index is 2.34. The fourth-order valence-electron chi connectivity index (χ4n) is 1.75. The van der Waals surface area contributed by atoms with Crippen molar-refractivity contribution in [1.82, 2.24) is 4.90 Å². The van der Waals surface area contributed by atoms with Crippen LogP contribution in [-0.4, -0.2) is 24.5 Å². The summed E-state index contributed by atoms with van der Waals surface area (Å²) in [7, 11) is 0. The maximum Gasteiger partial charge on any atom is 0.00185 e. The van der Waals surface area contributed by atoms with Crippen molar-refractivity contribution in [3.8, 4) is 0 Å². The molecule has 1 rings (SSSR count). The van der Waals surface area contributed by atoms with E-state index in [0.29, 0.717) is 0 Å². The Labute approximate surface area is 76.5 Å². The van der Waals surface area contributed by atoms with Gasteiger partial charge in [-0.3, -0.25) is 0 Å². The van der Waals surface area contributed by atoms with Gasteiger partial charge in [0, 0.05) is 6.54 Å². The molecule has 12 heavy (non-hydrogen) atoms. The third-order valence-electron chi connectivity index (χ3n) is 2.53. The number of hydrogen-bond acceptors (Lipinski definition) is 1. The van der Waals surface area contributed by atoms with Gasteiger partial charge in [0.15, 0.2) is 0 Å². The van der Waals surface area contributed by atoms with Crippen LogP contribution in [-0.2, 0) is 0 Å². The minimum atomic E-state index is 1.27. The van der Waals surface area contributed by atoms with Crippen LogP contribution >= 0.6 is 0 Å². The van der Waals surface area contributed by atoms with E-state index in [1.165, 1.54) is 45.3 Å². The zero-order valence-corrected chi connectivity index (χ0v) is 8.47. The molecule has 0 saturated carbocycles. The Bertz CT molecular complexity index is 149. The Kier molecular flexibility index (Phi) is 4.37. The second kappa shape index (κ2) is 5.36. The Morgan fingerprint density at radius 3 is 3.00 bits per heavy atom. The molecule has 1 aliphatic rings. The van der Waals surface area contributed by atoms with Crippen molar-refractivity contribution < 1.29 is 0 Å². The van der Waals surface area contributed by atoms with Gasteiger partial charge in [-0.15, -0.1) is 0 Å². The molecule has 0 aliphatic carbocycles. The topological polar surface area (TPSA) is 3.24 Å². The number of allylic oxidation sites excluding steroid dienone is 1. The second-order valence-electron chi connectivity index (χ2n) is 3.78. The van der Waals surface area contributed by atoms with Gasteiger partial charge >= 0.3 is 0 Å². The lowest BCUT2D eigenvalue weighted by Crippen LogP contribution is -2.27. The second-order valence-corrected chi connectivity index (χ2v) is 3.78. The third-order valence-corrected chi connectivity index (χ3v) is 2.53. The highest BCUT2D eigenvalue weighted by Crippen LogP contribution is 2.10. The Hall–Kier alpha value is -0.300. The minimum Gasteiger partial charge on any atom is -0.303 e. The average molecular weight is 167 g/mol. The fourth-order valence-corrected chi connectivity index (χ4v) is 1.75. The molecule has 0 unspecified atom stereocenters. The lowest BCUT2D eigenvalue weighted by molar-refractivity contribution is 0.271. The van der Waals surface area contributed by atoms with Gasteiger partial charge < -0.3 is 4.90 Å². The molecule has 0 fully saturated rings. The van der Waals surface area contributed by atoms with Gasteiger partial charge in [-0.25, -0.2) is 0 Å². The predicted molar refractivity (Wildman–Crippen MR) is 54.3 cm³/mol. The van der Waals surface area contributed by atoms with Gasteiger partial charge in [0.05, 0.1) is 0 Å². The third kappa shape index (κ3) is 3.40. The smallest absolute Gasteiger partial charge is 0.00185 e. The summed E-state index contributed by atoms with van der Waals surface area (Å²) in [6.07, 6.45) is 7.61. The van der Waals surface area contributed by atoms with Crippen molar-refractivity contribution in [2.45, 2.75) is 39.5 Å². The van der Waals surface area contributed by atoms with Crippen molar-refractivity contribution in [2.24, 2.45) is 0 Å². The normalized spacial score (nSPS) is 25.7. The maximum absolute atomic E-state index is 2.59. The zero-order chi connectivity index (χ0) is 8.81. The highest BCUT2D eigenvalue weighted by molar-refractivity contribution is 4.99. The van der Waals surface area contributed by atoms with Gasteiger partial charge in [0.1, 0.15) is 0 Å². The number of rotatable bonds is 2.